The van der Waals surface area contributed by atoms with Gasteiger partial charge >= 0.3 is 5.97 Å². The van der Waals surface area contributed by atoms with Crippen LogP contribution in [0.4, 0.5) is 0 Å². The number of likely N-dealkylation sites (N-methyl/N-ethyl adjacent to an activating group) is 1. The second-order valence-electron chi connectivity index (χ2n) is 10.00. The molecule has 2 heterocycles. The van der Waals surface area contributed by atoms with Crippen LogP contribution in [0, 0.1) is 17.8 Å². The van der Waals surface area contributed by atoms with Crippen LogP contribution in [0.5, 0.6) is 5.75 Å². The van der Waals surface area contributed by atoms with E-state index >= 15 is 0 Å². The quantitative estimate of drug-likeness (QED) is 0.507. The predicted octanol–water partition coefficient (Wildman–Crippen LogP) is 4.57. The van der Waals surface area contributed by atoms with E-state index in [4.69, 9.17) is 9.47 Å². The first kappa shape index (κ1) is 23.6. The third kappa shape index (κ3) is 4.04. The van der Waals surface area contributed by atoms with Crippen molar-refractivity contribution in [3.8, 4) is 5.75 Å². The Kier molecular flexibility index (Phi) is 6.41. The summed E-state index contributed by atoms with van der Waals surface area (Å²) in [5.74, 6) is 0.720. The summed E-state index contributed by atoms with van der Waals surface area (Å²) in [7, 11) is 5.24. The van der Waals surface area contributed by atoms with E-state index < -0.39 is 0 Å². The predicted molar refractivity (Wildman–Crippen MR) is 136 cm³/mol. The van der Waals surface area contributed by atoms with E-state index in [9.17, 15) is 9.59 Å². The second-order valence-corrected chi connectivity index (χ2v) is 10.00. The fourth-order valence-electron chi connectivity index (χ4n) is 6.47. The number of Topliss-reactive ketones (excluding diaryl/α,β-unsaturated/α-hetero) is 1. The highest BCUT2D eigenvalue weighted by atomic mass is 16.5. The van der Waals surface area contributed by atoms with E-state index in [0.29, 0.717) is 19.4 Å². The molecule has 3 aromatic rings. The lowest BCUT2D eigenvalue weighted by molar-refractivity contribution is -0.154. The number of rotatable bonds is 5. The van der Waals surface area contributed by atoms with Crippen molar-refractivity contribution in [2.24, 2.45) is 17.8 Å². The summed E-state index contributed by atoms with van der Waals surface area (Å²) in [5, 5.41) is 1.09. The number of para-hydroxylation sites is 1. The number of fused-ring (bicyclic) bond motifs is 5. The Morgan fingerprint density at radius 2 is 1.80 bits per heavy atom. The van der Waals surface area contributed by atoms with Crippen molar-refractivity contribution in [2.45, 2.75) is 38.8 Å². The number of nitrogens with zero attached hydrogens (tertiary/aromatic N) is 2. The molecule has 2 aliphatic rings. The Balaban J connectivity index is 1.66. The van der Waals surface area contributed by atoms with Crippen LogP contribution >= 0.6 is 0 Å². The summed E-state index contributed by atoms with van der Waals surface area (Å²) < 4.78 is 12.8. The minimum absolute atomic E-state index is 0.00217. The van der Waals surface area contributed by atoms with Crippen LogP contribution in [0.2, 0.25) is 0 Å². The molecule has 5 rings (SSSR count). The molecule has 1 aromatic heterocycles. The summed E-state index contributed by atoms with van der Waals surface area (Å²) in [4.78, 5) is 29.4. The van der Waals surface area contributed by atoms with E-state index in [2.05, 4.69) is 47.7 Å². The van der Waals surface area contributed by atoms with Crippen molar-refractivity contribution in [3.05, 3.63) is 65.4 Å². The number of likely N-dealkylation sites (tertiary alicyclic amines) is 1. The van der Waals surface area contributed by atoms with E-state index in [-0.39, 0.29) is 35.5 Å². The van der Waals surface area contributed by atoms with Crippen LogP contribution in [-0.4, -0.2) is 55.1 Å². The lowest BCUT2D eigenvalue weighted by Gasteiger charge is -2.48. The Morgan fingerprint density at radius 1 is 1.06 bits per heavy atom. The summed E-state index contributed by atoms with van der Waals surface area (Å²) in [5.41, 5.74) is 4.02. The number of hydrogen-bond acceptors (Lipinski definition) is 5. The normalized spacial score (nSPS) is 24.5. The standard InChI is InChI=1S/C29H34N2O4/c1-5-19-17-30(2)25-14-23-21-8-6-7-9-24(21)31(16-18-10-12-20(34-3)13-11-18)28(23)26(32)15-22(19)27(25)29(33)35-4/h6-13,19,22,25,27H,5,14-17H2,1-4H3/t19-,22-,25+,27?/m1/s1. The van der Waals surface area contributed by atoms with E-state index in [0.717, 1.165) is 46.4 Å². The van der Waals surface area contributed by atoms with Crippen LogP contribution < -0.4 is 4.74 Å². The third-order valence-corrected chi connectivity index (χ3v) is 8.24. The number of piperidine rings is 1. The number of benzene rings is 2. The average Bonchev–Trinajstić information content (AvgIpc) is 3.17. The van der Waals surface area contributed by atoms with Gasteiger partial charge in [-0.2, -0.15) is 0 Å². The van der Waals surface area contributed by atoms with Gasteiger partial charge in [0, 0.05) is 36.5 Å². The van der Waals surface area contributed by atoms with Crippen molar-refractivity contribution in [1.82, 2.24) is 9.47 Å². The summed E-state index contributed by atoms with van der Waals surface area (Å²) in [6, 6.07) is 16.3. The first-order chi connectivity index (χ1) is 17.0. The molecule has 0 spiro atoms. The lowest BCUT2D eigenvalue weighted by Crippen LogP contribution is -2.56. The van der Waals surface area contributed by atoms with E-state index in [1.165, 1.54) is 7.11 Å². The molecule has 1 unspecified atom stereocenters. The summed E-state index contributed by atoms with van der Waals surface area (Å²) in [6.45, 7) is 3.66. The molecule has 0 saturated carbocycles. The third-order valence-electron chi connectivity index (χ3n) is 8.24. The number of carbonyl (C=O) groups excluding carboxylic acids is 2. The average molecular weight is 475 g/mol. The van der Waals surface area contributed by atoms with Crippen LogP contribution in [-0.2, 0) is 22.5 Å². The van der Waals surface area contributed by atoms with Crippen molar-refractivity contribution in [3.63, 3.8) is 0 Å². The van der Waals surface area contributed by atoms with E-state index in [1.807, 2.05) is 24.3 Å². The van der Waals surface area contributed by atoms with Crippen LogP contribution in [0.3, 0.4) is 0 Å². The van der Waals surface area contributed by atoms with Crippen molar-refractivity contribution >= 4 is 22.7 Å². The monoisotopic (exact) mass is 474 g/mol. The number of aromatic nitrogens is 1. The zero-order valence-electron chi connectivity index (χ0n) is 21.0. The van der Waals surface area contributed by atoms with Crippen LogP contribution in [0.25, 0.3) is 10.9 Å². The molecular weight excluding hydrogens is 440 g/mol. The van der Waals surface area contributed by atoms with Gasteiger partial charge in [0.15, 0.2) is 5.78 Å². The minimum atomic E-state index is -0.301. The topological polar surface area (TPSA) is 60.8 Å². The molecule has 0 N–H and O–H groups in total. The van der Waals surface area contributed by atoms with Crippen molar-refractivity contribution in [2.75, 3.05) is 27.8 Å². The number of methoxy groups -OCH3 is 2. The molecular formula is C29H34N2O4. The second kappa shape index (κ2) is 9.50. The molecule has 6 nitrogen and oxygen atoms in total. The first-order valence-electron chi connectivity index (χ1n) is 12.5. The molecule has 35 heavy (non-hydrogen) atoms. The summed E-state index contributed by atoms with van der Waals surface area (Å²) >= 11 is 0. The molecule has 0 radical (unpaired) electrons. The van der Waals surface area contributed by atoms with Gasteiger partial charge < -0.3 is 18.9 Å². The fourth-order valence-corrected chi connectivity index (χ4v) is 6.47. The number of esters is 1. The van der Waals surface area contributed by atoms with Crippen LogP contribution in [0.15, 0.2) is 48.5 Å². The van der Waals surface area contributed by atoms with Gasteiger partial charge in [-0.05, 0) is 54.6 Å². The molecule has 1 fully saturated rings. The highest BCUT2D eigenvalue weighted by molar-refractivity contribution is 6.03. The zero-order chi connectivity index (χ0) is 24.7. The maximum absolute atomic E-state index is 14.0. The van der Waals surface area contributed by atoms with Gasteiger partial charge in [0.1, 0.15) is 5.75 Å². The zero-order valence-corrected chi connectivity index (χ0v) is 21.0. The van der Waals surface area contributed by atoms with Crippen LogP contribution in [0.1, 0.15) is 41.4 Å². The Morgan fingerprint density at radius 3 is 2.49 bits per heavy atom. The number of ether oxygens (including phenoxy) is 2. The largest absolute Gasteiger partial charge is 0.497 e. The molecule has 1 saturated heterocycles. The van der Waals surface area contributed by atoms with E-state index in [1.54, 1.807) is 7.11 Å². The van der Waals surface area contributed by atoms with Gasteiger partial charge in [-0.1, -0.05) is 43.7 Å². The maximum atomic E-state index is 14.0. The lowest BCUT2D eigenvalue weighted by atomic mass is 9.67. The smallest absolute Gasteiger partial charge is 0.310 e. The molecule has 2 aromatic carbocycles. The Hall–Kier alpha value is -3.12. The molecule has 1 aliphatic heterocycles. The number of hydrogen-bond donors (Lipinski definition) is 0. The number of ketones is 1. The Labute approximate surface area is 206 Å². The number of carbonyl (C=O) groups is 2. The molecule has 0 amide bonds. The van der Waals surface area contributed by atoms with Gasteiger partial charge in [0.2, 0.25) is 0 Å². The summed E-state index contributed by atoms with van der Waals surface area (Å²) in [6.07, 6.45) is 1.96. The molecule has 2 bridgehead atoms. The van der Waals surface area contributed by atoms with Gasteiger partial charge in [0.05, 0.1) is 25.8 Å². The van der Waals surface area contributed by atoms with Gasteiger partial charge in [0.25, 0.3) is 0 Å². The highest BCUT2D eigenvalue weighted by Crippen LogP contribution is 2.43. The highest BCUT2D eigenvalue weighted by Gasteiger charge is 2.49. The molecule has 6 heteroatoms. The Bertz CT molecular complexity index is 1250. The maximum Gasteiger partial charge on any atom is 0.310 e. The van der Waals surface area contributed by atoms with Gasteiger partial charge in [-0.15, -0.1) is 0 Å². The van der Waals surface area contributed by atoms with Crippen molar-refractivity contribution in [1.29, 1.82) is 0 Å². The SMILES string of the molecule is CC[C@@H]1CN(C)[C@H]2Cc3c(n(Cc4ccc(OC)cc4)c4ccccc34)C(=O)C[C@H]1C2C(=O)OC. The first-order valence-corrected chi connectivity index (χ1v) is 12.5. The minimum Gasteiger partial charge on any atom is -0.497 e. The molecule has 184 valence electrons. The molecule has 4 atom stereocenters. The molecule has 1 aliphatic carbocycles. The fraction of sp³-hybridized carbons (Fsp3) is 0.448. The van der Waals surface area contributed by atoms with Crippen molar-refractivity contribution < 1.29 is 19.1 Å². The van der Waals surface area contributed by atoms with Gasteiger partial charge in [-0.25, -0.2) is 0 Å². The van der Waals surface area contributed by atoms with Gasteiger partial charge in [-0.3, -0.25) is 9.59 Å².